The third-order valence-electron chi connectivity index (χ3n) is 3.88. The second-order valence-corrected chi connectivity index (χ2v) is 8.46. The van der Waals surface area contributed by atoms with Crippen molar-refractivity contribution in [1.82, 2.24) is 4.98 Å². The van der Waals surface area contributed by atoms with Crippen LogP contribution in [0.2, 0.25) is 0 Å². The average Bonchev–Trinajstić information content (AvgIpc) is 3.15. The number of amides is 1. The van der Waals surface area contributed by atoms with Crippen molar-refractivity contribution in [3.63, 3.8) is 0 Å². The van der Waals surface area contributed by atoms with E-state index in [-0.39, 0.29) is 21.6 Å². The van der Waals surface area contributed by atoms with Gasteiger partial charge in [-0.25, -0.2) is 13.4 Å². The molecule has 3 rings (SSSR count). The number of hydrogen-bond acceptors (Lipinski definition) is 7. The summed E-state index contributed by atoms with van der Waals surface area (Å²) in [5.41, 5.74) is 1.70. The highest BCUT2D eigenvalue weighted by atomic mass is 32.2. The van der Waals surface area contributed by atoms with Crippen LogP contribution >= 0.6 is 11.3 Å². The number of carbonyl (C=O) groups excluding carboxylic acids is 1. The molecule has 0 aliphatic carbocycles. The quantitative estimate of drug-likeness (QED) is 0.590. The van der Waals surface area contributed by atoms with Crippen LogP contribution in [0.4, 0.5) is 10.8 Å². The molecule has 1 amide bonds. The monoisotopic (exact) mass is 433 g/mol. The highest BCUT2D eigenvalue weighted by Crippen LogP contribution is 2.31. The summed E-state index contributed by atoms with van der Waals surface area (Å²) in [7, 11) is -0.905. The Balaban J connectivity index is 1.86. The van der Waals surface area contributed by atoms with Gasteiger partial charge in [-0.3, -0.25) is 9.52 Å². The molecule has 0 saturated carbocycles. The van der Waals surface area contributed by atoms with Gasteiger partial charge in [0.1, 0.15) is 11.5 Å². The summed E-state index contributed by atoms with van der Waals surface area (Å²) in [5, 5.41) is 4.53. The van der Waals surface area contributed by atoms with E-state index in [1.807, 2.05) is 24.3 Å². The van der Waals surface area contributed by atoms with E-state index in [2.05, 4.69) is 15.0 Å². The largest absolute Gasteiger partial charge is 0.497 e. The zero-order valence-corrected chi connectivity index (χ0v) is 17.6. The molecule has 0 aliphatic rings. The first-order chi connectivity index (χ1) is 13.8. The number of benzene rings is 2. The highest BCUT2D eigenvalue weighted by molar-refractivity contribution is 7.93. The third kappa shape index (κ3) is 4.84. The van der Waals surface area contributed by atoms with E-state index in [1.54, 1.807) is 12.5 Å². The maximum Gasteiger partial charge on any atom is 0.263 e. The van der Waals surface area contributed by atoms with Gasteiger partial charge in [0.15, 0.2) is 5.13 Å². The van der Waals surface area contributed by atoms with Crippen LogP contribution in [-0.4, -0.2) is 33.5 Å². The fraction of sp³-hybridized carbons (Fsp3) is 0.158. The number of nitrogens with zero attached hydrogens (tertiary/aromatic N) is 1. The number of nitrogens with one attached hydrogen (secondary N) is 2. The molecule has 0 aliphatic heterocycles. The fourth-order valence-electron chi connectivity index (χ4n) is 2.55. The van der Waals surface area contributed by atoms with Gasteiger partial charge < -0.3 is 14.8 Å². The van der Waals surface area contributed by atoms with E-state index >= 15 is 0 Å². The van der Waals surface area contributed by atoms with Gasteiger partial charge in [0.05, 0.1) is 30.5 Å². The summed E-state index contributed by atoms with van der Waals surface area (Å²) in [6.07, 6.45) is 0. The average molecular weight is 434 g/mol. The molecule has 0 unspecified atom stereocenters. The topological polar surface area (TPSA) is 107 Å². The molecule has 0 fully saturated rings. The molecular weight excluding hydrogens is 414 g/mol. The first kappa shape index (κ1) is 20.6. The van der Waals surface area contributed by atoms with Crippen molar-refractivity contribution in [2.24, 2.45) is 0 Å². The first-order valence-corrected chi connectivity index (χ1v) is 10.8. The van der Waals surface area contributed by atoms with Gasteiger partial charge in [-0.2, -0.15) is 0 Å². The Bertz CT molecular complexity index is 1140. The summed E-state index contributed by atoms with van der Waals surface area (Å²) in [6, 6.07) is 11.5. The van der Waals surface area contributed by atoms with Crippen molar-refractivity contribution in [3.8, 4) is 22.8 Å². The Morgan fingerprint density at radius 3 is 2.59 bits per heavy atom. The van der Waals surface area contributed by atoms with Crippen molar-refractivity contribution in [2.75, 3.05) is 24.3 Å². The molecule has 152 valence electrons. The van der Waals surface area contributed by atoms with Crippen LogP contribution in [-0.2, 0) is 14.8 Å². The summed E-state index contributed by atoms with van der Waals surface area (Å²) in [6.45, 7) is 1.33. The van der Waals surface area contributed by atoms with Crippen molar-refractivity contribution in [2.45, 2.75) is 11.8 Å². The smallest absolute Gasteiger partial charge is 0.263 e. The van der Waals surface area contributed by atoms with Crippen LogP contribution in [0.3, 0.4) is 0 Å². The summed E-state index contributed by atoms with van der Waals surface area (Å²) < 4.78 is 38.4. The van der Waals surface area contributed by atoms with Gasteiger partial charge >= 0.3 is 0 Å². The predicted molar refractivity (Wildman–Crippen MR) is 112 cm³/mol. The number of anilines is 2. The van der Waals surface area contributed by atoms with Gasteiger partial charge in [0.2, 0.25) is 5.91 Å². The molecule has 2 N–H and O–H groups in total. The summed E-state index contributed by atoms with van der Waals surface area (Å²) in [5.74, 6) is 0.698. The normalized spacial score (nSPS) is 11.0. The van der Waals surface area contributed by atoms with Crippen LogP contribution in [0.1, 0.15) is 6.92 Å². The Morgan fingerprint density at radius 1 is 1.10 bits per heavy atom. The predicted octanol–water partition coefficient (Wildman–Crippen LogP) is 3.59. The lowest BCUT2D eigenvalue weighted by Gasteiger charge is -2.11. The fourth-order valence-corrected chi connectivity index (χ4v) is 4.55. The van der Waals surface area contributed by atoms with E-state index < -0.39 is 10.0 Å². The minimum Gasteiger partial charge on any atom is -0.497 e. The van der Waals surface area contributed by atoms with Crippen molar-refractivity contribution in [3.05, 3.63) is 47.8 Å². The molecule has 0 radical (unpaired) electrons. The maximum absolute atomic E-state index is 12.8. The zero-order chi connectivity index (χ0) is 21.0. The molecule has 0 atom stereocenters. The van der Waals surface area contributed by atoms with Crippen LogP contribution < -0.4 is 19.5 Å². The van der Waals surface area contributed by atoms with Crippen LogP contribution in [0.5, 0.6) is 11.5 Å². The zero-order valence-electron chi connectivity index (χ0n) is 15.9. The molecule has 2 aromatic carbocycles. The maximum atomic E-state index is 12.8. The second kappa shape index (κ2) is 8.50. The summed E-state index contributed by atoms with van der Waals surface area (Å²) >= 11 is 1.17. The van der Waals surface area contributed by atoms with Gasteiger partial charge in [0.25, 0.3) is 10.0 Å². The van der Waals surface area contributed by atoms with Crippen LogP contribution in [0.25, 0.3) is 11.3 Å². The van der Waals surface area contributed by atoms with E-state index in [4.69, 9.17) is 9.47 Å². The number of hydrogen-bond donors (Lipinski definition) is 2. The van der Waals surface area contributed by atoms with E-state index in [9.17, 15) is 13.2 Å². The number of aromatic nitrogens is 1. The van der Waals surface area contributed by atoms with Gasteiger partial charge in [0, 0.05) is 17.9 Å². The lowest BCUT2D eigenvalue weighted by Crippen LogP contribution is -2.14. The standard InChI is InChI=1S/C19H19N3O5S2/c1-12(23)20-16-10-15(7-8-18(16)27-3)29(24,25)22-19-21-17(11-28-19)13-5-4-6-14(9-13)26-2/h4-11H,1-3H3,(H,20,23)(H,21,22). The molecule has 29 heavy (non-hydrogen) atoms. The minimum absolute atomic E-state index is 0.0276. The van der Waals surface area contributed by atoms with Gasteiger partial charge in [-0.05, 0) is 30.3 Å². The third-order valence-corrected chi connectivity index (χ3v) is 6.11. The van der Waals surface area contributed by atoms with Crippen molar-refractivity contribution in [1.29, 1.82) is 0 Å². The van der Waals surface area contributed by atoms with E-state index in [1.165, 1.54) is 43.6 Å². The van der Waals surface area contributed by atoms with Crippen molar-refractivity contribution >= 4 is 38.1 Å². The number of methoxy groups -OCH3 is 2. The lowest BCUT2D eigenvalue weighted by atomic mass is 10.2. The van der Waals surface area contributed by atoms with Crippen LogP contribution in [0, 0.1) is 0 Å². The number of rotatable bonds is 7. The molecule has 10 heteroatoms. The lowest BCUT2D eigenvalue weighted by molar-refractivity contribution is -0.114. The highest BCUT2D eigenvalue weighted by Gasteiger charge is 2.19. The Labute approximate surface area is 172 Å². The number of thiazole rings is 1. The number of sulfonamides is 1. The molecule has 0 spiro atoms. The van der Waals surface area contributed by atoms with Gasteiger partial charge in [-0.15, -0.1) is 11.3 Å². The molecular formula is C19H19N3O5S2. The second-order valence-electron chi connectivity index (χ2n) is 5.92. The van der Waals surface area contributed by atoms with Crippen LogP contribution in [0.15, 0.2) is 52.7 Å². The molecule has 8 nitrogen and oxygen atoms in total. The van der Waals surface area contributed by atoms with E-state index in [0.29, 0.717) is 17.2 Å². The SMILES string of the molecule is COc1cccc(-c2csc(NS(=O)(=O)c3ccc(OC)c(NC(C)=O)c3)n2)c1. The van der Waals surface area contributed by atoms with E-state index in [0.717, 1.165) is 5.56 Å². The molecule has 1 aromatic heterocycles. The number of carbonyl (C=O) groups is 1. The Hall–Kier alpha value is -3.11. The van der Waals surface area contributed by atoms with Gasteiger partial charge in [-0.1, -0.05) is 12.1 Å². The molecule has 3 aromatic rings. The number of ether oxygens (including phenoxy) is 2. The molecule has 1 heterocycles. The molecule has 0 saturated heterocycles. The Kier molecular flexibility index (Phi) is 6.04. The first-order valence-electron chi connectivity index (χ1n) is 8.41. The Morgan fingerprint density at radius 2 is 1.90 bits per heavy atom. The minimum atomic E-state index is -3.91. The van der Waals surface area contributed by atoms with Crippen molar-refractivity contribution < 1.29 is 22.7 Å². The summed E-state index contributed by atoms with van der Waals surface area (Å²) in [4.78, 5) is 15.7. The molecule has 0 bridgehead atoms.